The SMILES string of the molecule is N#CC(Oc1ccc(C(F)(F)F)cc1Cl)c1ccccc1. The molecule has 0 spiro atoms. The van der Waals surface area contributed by atoms with Crippen LogP contribution in [0.2, 0.25) is 5.02 Å². The van der Waals surface area contributed by atoms with Crippen molar-refractivity contribution in [3.05, 3.63) is 64.7 Å². The first kappa shape index (κ1) is 15.2. The van der Waals surface area contributed by atoms with Crippen LogP contribution in [0.1, 0.15) is 17.2 Å². The molecule has 0 fully saturated rings. The highest BCUT2D eigenvalue weighted by Gasteiger charge is 2.31. The lowest BCUT2D eigenvalue weighted by molar-refractivity contribution is -0.137. The van der Waals surface area contributed by atoms with Crippen LogP contribution in [-0.2, 0) is 6.18 Å². The molecule has 0 amide bonds. The molecule has 2 rings (SSSR count). The third kappa shape index (κ3) is 3.67. The molecule has 0 aliphatic carbocycles. The molecule has 6 heteroatoms. The lowest BCUT2D eigenvalue weighted by Gasteiger charge is -2.15. The zero-order valence-corrected chi connectivity index (χ0v) is 11.3. The van der Waals surface area contributed by atoms with Gasteiger partial charge in [0.15, 0.2) is 0 Å². The van der Waals surface area contributed by atoms with E-state index >= 15 is 0 Å². The Bertz CT molecular complexity index is 665. The summed E-state index contributed by atoms with van der Waals surface area (Å²) in [4.78, 5) is 0. The van der Waals surface area contributed by atoms with E-state index in [0.29, 0.717) is 5.56 Å². The first-order valence-electron chi connectivity index (χ1n) is 5.90. The molecule has 21 heavy (non-hydrogen) atoms. The molecule has 0 saturated carbocycles. The average molecular weight is 312 g/mol. The number of alkyl halides is 3. The van der Waals surface area contributed by atoms with Gasteiger partial charge < -0.3 is 4.74 Å². The number of hydrogen-bond donors (Lipinski definition) is 0. The summed E-state index contributed by atoms with van der Waals surface area (Å²) in [7, 11) is 0. The van der Waals surface area contributed by atoms with Gasteiger partial charge in [-0.2, -0.15) is 18.4 Å². The fourth-order valence-corrected chi connectivity index (χ4v) is 1.92. The van der Waals surface area contributed by atoms with Crippen molar-refractivity contribution >= 4 is 11.6 Å². The monoisotopic (exact) mass is 311 g/mol. The van der Waals surface area contributed by atoms with E-state index in [1.165, 1.54) is 0 Å². The lowest BCUT2D eigenvalue weighted by Crippen LogP contribution is -2.07. The molecule has 1 unspecified atom stereocenters. The van der Waals surface area contributed by atoms with E-state index in [9.17, 15) is 13.2 Å². The predicted octanol–water partition coefficient (Wildman–Crippen LogP) is 5.00. The lowest BCUT2D eigenvalue weighted by atomic mass is 10.1. The zero-order valence-electron chi connectivity index (χ0n) is 10.6. The Balaban J connectivity index is 2.26. The first-order valence-corrected chi connectivity index (χ1v) is 6.27. The molecule has 0 bridgehead atoms. The van der Waals surface area contributed by atoms with Gasteiger partial charge in [-0.15, -0.1) is 0 Å². The average Bonchev–Trinajstić information content (AvgIpc) is 2.46. The molecule has 0 heterocycles. The number of ether oxygens (including phenoxy) is 1. The summed E-state index contributed by atoms with van der Waals surface area (Å²) in [5.74, 6) is 0.0278. The Morgan fingerprint density at radius 1 is 1.10 bits per heavy atom. The third-order valence-electron chi connectivity index (χ3n) is 2.72. The molecule has 2 aromatic rings. The molecule has 0 aromatic heterocycles. The van der Waals surface area contributed by atoms with Gasteiger partial charge in [0.05, 0.1) is 10.6 Å². The molecule has 2 aromatic carbocycles. The van der Waals surface area contributed by atoms with Crippen LogP contribution in [-0.4, -0.2) is 0 Å². The second-order valence-corrected chi connectivity index (χ2v) is 4.59. The molecular formula is C15H9ClF3NO. The second-order valence-electron chi connectivity index (χ2n) is 4.18. The van der Waals surface area contributed by atoms with Crippen LogP contribution in [0.15, 0.2) is 48.5 Å². The van der Waals surface area contributed by atoms with Crippen LogP contribution in [0.5, 0.6) is 5.75 Å². The quantitative estimate of drug-likeness (QED) is 0.799. The normalized spacial score (nSPS) is 12.5. The van der Waals surface area contributed by atoms with Crippen molar-refractivity contribution < 1.29 is 17.9 Å². The Kier molecular flexibility index (Phi) is 4.39. The highest BCUT2D eigenvalue weighted by atomic mass is 35.5. The minimum Gasteiger partial charge on any atom is -0.469 e. The summed E-state index contributed by atoms with van der Waals surface area (Å²) < 4.78 is 43.0. The van der Waals surface area contributed by atoms with Crippen molar-refractivity contribution in [2.45, 2.75) is 12.3 Å². The number of rotatable bonds is 3. The van der Waals surface area contributed by atoms with E-state index in [1.54, 1.807) is 30.3 Å². The fourth-order valence-electron chi connectivity index (χ4n) is 1.70. The van der Waals surface area contributed by atoms with Gasteiger partial charge in [0, 0.05) is 5.56 Å². The van der Waals surface area contributed by atoms with Crippen LogP contribution >= 0.6 is 11.6 Å². The van der Waals surface area contributed by atoms with Crippen molar-refractivity contribution in [1.29, 1.82) is 5.26 Å². The van der Waals surface area contributed by atoms with Gasteiger partial charge in [0.2, 0.25) is 6.10 Å². The summed E-state index contributed by atoms with van der Waals surface area (Å²) in [6.07, 6.45) is -5.42. The first-order chi connectivity index (χ1) is 9.91. The largest absolute Gasteiger partial charge is 0.469 e. The summed E-state index contributed by atoms with van der Waals surface area (Å²) in [5, 5.41) is 8.92. The van der Waals surface area contributed by atoms with E-state index in [-0.39, 0.29) is 10.8 Å². The molecule has 0 aliphatic rings. The van der Waals surface area contributed by atoms with Gasteiger partial charge in [0.25, 0.3) is 0 Å². The van der Waals surface area contributed by atoms with Crippen LogP contribution < -0.4 is 4.74 Å². The molecule has 0 aliphatic heterocycles. The summed E-state index contributed by atoms with van der Waals surface area (Å²) in [6, 6.07) is 13.3. The van der Waals surface area contributed by atoms with Crippen molar-refractivity contribution in [2.75, 3.05) is 0 Å². The highest BCUT2D eigenvalue weighted by molar-refractivity contribution is 6.32. The predicted molar refractivity (Wildman–Crippen MR) is 71.9 cm³/mol. The minimum absolute atomic E-state index is 0.0278. The molecule has 0 N–H and O–H groups in total. The van der Waals surface area contributed by atoms with Crippen LogP contribution in [0.25, 0.3) is 0 Å². The van der Waals surface area contributed by atoms with Gasteiger partial charge in [-0.1, -0.05) is 41.9 Å². The maximum absolute atomic E-state index is 12.5. The maximum atomic E-state index is 12.5. The number of halogens is 4. The topological polar surface area (TPSA) is 33.0 Å². The van der Waals surface area contributed by atoms with Crippen molar-refractivity contribution in [1.82, 2.24) is 0 Å². The number of nitriles is 1. The summed E-state index contributed by atoms with van der Waals surface area (Å²) in [6.45, 7) is 0. The van der Waals surface area contributed by atoms with E-state index < -0.39 is 17.8 Å². The van der Waals surface area contributed by atoms with Crippen LogP contribution in [0.3, 0.4) is 0 Å². The molecule has 1 atom stereocenters. The molecule has 0 saturated heterocycles. The van der Waals surface area contributed by atoms with Crippen LogP contribution in [0.4, 0.5) is 13.2 Å². The van der Waals surface area contributed by atoms with Gasteiger partial charge in [-0.3, -0.25) is 0 Å². The maximum Gasteiger partial charge on any atom is 0.416 e. The molecule has 2 nitrogen and oxygen atoms in total. The van der Waals surface area contributed by atoms with Gasteiger partial charge in [-0.05, 0) is 18.2 Å². The van der Waals surface area contributed by atoms with E-state index in [2.05, 4.69) is 0 Å². The third-order valence-corrected chi connectivity index (χ3v) is 3.02. The number of nitrogens with zero attached hydrogens (tertiary/aromatic N) is 1. The van der Waals surface area contributed by atoms with E-state index in [1.807, 2.05) is 6.07 Å². The van der Waals surface area contributed by atoms with Gasteiger partial charge in [0.1, 0.15) is 11.8 Å². The van der Waals surface area contributed by atoms with E-state index in [0.717, 1.165) is 18.2 Å². The van der Waals surface area contributed by atoms with Crippen molar-refractivity contribution in [3.63, 3.8) is 0 Å². The van der Waals surface area contributed by atoms with Gasteiger partial charge >= 0.3 is 6.18 Å². The van der Waals surface area contributed by atoms with Gasteiger partial charge in [-0.25, -0.2) is 0 Å². The molecular weight excluding hydrogens is 303 g/mol. The Morgan fingerprint density at radius 3 is 2.29 bits per heavy atom. The number of hydrogen-bond acceptors (Lipinski definition) is 2. The minimum atomic E-state index is -4.48. The summed E-state index contributed by atoms with van der Waals surface area (Å²) >= 11 is 5.79. The number of benzene rings is 2. The van der Waals surface area contributed by atoms with Crippen molar-refractivity contribution in [2.24, 2.45) is 0 Å². The Morgan fingerprint density at radius 2 is 1.76 bits per heavy atom. The fraction of sp³-hybridized carbons (Fsp3) is 0.133. The van der Waals surface area contributed by atoms with E-state index in [4.69, 9.17) is 21.6 Å². The zero-order chi connectivity index (χ0) is 15.5. The highest BCUT2D eigenvalue weighted by Crippen LogP contribution is 2.36. The summed E-state index contributed by atoms with van der Waals surface area (Å²) in [5.41, 5.74) is -0.274. The Labute approximate surface area is 124 Å². The molecule has 0 radical (unpaired) electrons. The molecule has 108 valence electrons. The Hall–Kier alpha value is -2.19. The standard InChI is InChI=1S/C15H9ClF3NO/c16-12-8-11(15(17,18)19)6-7-13(12)21-14(9-20)10-4-2-1-3-5-10/h1-8,14H. The van der Waals surface area contributed by atoms with Crippen LogP contribution in [0, 0.1) is 11.3 Å². The van der Waals surface area contributed by atoms with Crippen molar-refractivity contribution in [3.8, 4) is 11.8 Å². The smallest absolute Gasteiger partial charge is 0.416 e. The second kappa shape index (κ2) is 6.06.